The number of ether oxygens (including phenoxy) is 2. The Morgan fingerprint density at radius 1 is 1.00 bits per heavy atom. The molecule has 150 valence electrons. The number of nitrogens with zero attached hydrogens (tertiary/aromatic N) is 1. The Morgan fingerprint density at radius 2 is 1.80 bits per heavy atom. The number of methoxy groups -OCH3 is 2. The quantitative estimate of drug-likeness (QED) is 0.414. The standard InChI is InChI=1S/C24H20N2O3S/c1-28-17-12-13-21(29-2)16(15-17)11-14-23(27)25-19-8-4-3-7-18(19)24-26-20-9-5-6-10-22(20)30-24/h3-15H,1-2H3,(H,25,27)/b14-11+. The fourth-order valence-corrected chi connectivity index (χ4v) is 4.08. The number of aromatic nitrogens is 1. The maximum Gasteiger partial charge on any atom is 0.248 e. The second kappa shape index (κ2) is 8.80. The third-order valence-corrected chi connectivity index (χ3v) is 5.63. The van der Waals surface area contributed by atoms with Gasteiger partial charge in [-0.2, -0.15) is 0 Å². The summed E-state index contributed by atoms with van der Waals surface area (Å²) in [6.45, 7) is 0. The molecule has 0 fully saturated rings. The van der Waals surface area contributed by atoms with Gasteiger partial charge in [-0.1, -0.05) is 24.3 Å². The number of thiazole rings is 1. The summed E-state index contributed by atoms with van der Waals surface area (Å²) >= 11 is 1.60. The van der Waals surface area contributed by atoms with E-state index in [2.05, 4.69) is 5.32 Å². The summed E-state index contributed by atoms with van der Waals surface area (Å²) in [5.41, 5.74) is 3.30. The fourth-order valence-electron chi connectivity index (χ4n) is 3.08. The summed E-state index contributed by atoms with van der Waals surface area (Å²) in [5.74, 6) is 1.11. The maximum atomic E-state index is 12.6. The molecular weight excluding hydrogens is 396 g/mol. The van der Waals surface area contributed by atoms with Crippen LogP contribution in [-0.4, -0.2) is 25.1 Å². The molecule has 1 aromatic heterocycles. The topological polar surface area (TPSA) is 60.5 Å². The highest BCUT2D eigenvalue weighted by Gasteiger charge is 2.11. The first kappa shape index (κ1) is 19.7. The minimum absolute atomic E-state index is 0.242. The van der Waals surface area contributed by atoms with Gasteiger partial charge in [-0.3, -0.25) is 4.79 Å². The van der Waals surface area contributed by atoms with E-state index < -0.39 is 0 Å². The molecule has 4 rings (SSSR count). The van der Waals surface area contributed by atoms with Crippen LogP contribution in [0.25, 0.3) is 26.9 Å². The fraction of sp³-hybridized carbons (Fsp3) is 0.0833. The van der Waals surface area contributed by atoms with Crippen LogP contribution in [0.1, 0.15) is 5.56 Å². The predicted octanol–water partition coefficient (Wildman–Crippen LogP) is 5.63. The summed E-state index contributed by atoms with van der Waals surface area (Å²) in [6, 6.07) is 21.1. The van der Waals surface area contributed by atoms with Crippen LogP contribution < -0.4 is 14.8 Å². The average molecular weight is 417 g/mol. The number of carbonyl (C=O) groups excluding carboxylic acids is 1. The number of fused-ring (bicyclic) bond motifs is 1. The molecule has 0 atom stereocenters. The molecule has 3 aromatic carbocycles. The largest absolute Gasteiger partial charge is 0.497 e. The van der Waals surface area contributed by atoms with Gasteiger partial charge in [0.15, 0.2) is 0 Å². The van der Waals surface area contributed by atoms with Gasteiger partial charge in [0.1, 0.15) is 16.5 Å². The Labute approximate surface area is 178 Å². The molecule has 1 heterocycles. The van der Waals surface area contributed by atoms with E-state index in [1.54, 1.807) is 37.7 Å². The van der Waals surface area contributed by atoms with Crippen LogP contribution in [0, 0.1) is 0 Å². The third-order valence-electron chi connectivity index (χ3n) is 4.56. The van der Waals surface area contributed by atoms with Crippen molar-refractivity contribution in [3.8, 4) is 22.1 Å². The molecule has 0 aliphatic carbocycles. The van der Waals surface area contributed by atoms with E-state index in [-0.39, 0.29) is 5.91 Å². The molecule has 0 aliphatic rings. The number of rotatable bonds is 6. The van der Waals surface area contributed by atoms with Gasteiger partial charge in [-0.25, -0.2) is 4.98 Å². The molecule has 30 heavy (non-hydrogen) atoms. The van der Waals surface area contributed by atoms with E-state index in [4.69, 9.17) is 14.5 Å². The number of benzene rings is 3. The number of hydrogen-bond donors (Lipinski definition) is 1. The molecule has 5 nitrogen and oxygen atoms in total. The van der Waals surface area contributed by atoms with Gasteiger partial charge in [0.25, 0.3) is 0 Å². The van der Waals surface area contributed by atoms with Crippen LogP contribution in [0.3, 0.4) is 0 Å². The molecule has 0 spiro atoms. The van der Waals surface area contributed by atoms with Crippen LogP contribution in [0.15, 0.2) is 72.8 Å². The van der Waals surface area contributed by atoms with Crippen molar-refractivity contribution in [2.45, 2.75) is 0 Å². The lowest BCUT2D eigenvalue weighted by atomic mass is 10.1. The highest BCUT2D eigenvalue weighted by atomic mass is 32.1. The molecular formula is C24H20N2O3S. The maximum absolute atomic E-state index is 12.6. The van der Waals surface area contributed by atoms with Crippen molar-refractivity contribution in [3.05, 3.63) is 78.4 Å². The second-order valence-electron chi connectivity index (χ2n) is 6.46. The van der Waals surface area contributed by atoms with Crippen LogP contribution in [0.5, 0.6) is 11.5 Å². The smallest absolute Gasteiger partial charge is 0.248 e. The summed E-state index contributed by atoms with van der Waals surface area (Å²) in [6.07, 6.45) is 3.18. The van der Waals surface area contributed by atoms with Crippen molar-refractivity contribution in [1.82, 2.24) is 4.98 Å². The summed E-state index contributed by atoms with van der Waals surface area (Å²) in [4.78, 5) is 17.3. The van der Waals surface area contributed by atoms with Crippen molar-refractivity contribution in [3.63, 3.8) is 0 Å². The highest BCUT2D eigenvalue weighted by molar-refractivity contribution is 7.21. The lowest BCUT2D eigenvalue weighted by molar-refractivity contribution is -0.111. The van der Waals surface area contributed by atoms with E-state index in [1.165, 1.54) is 6.08 Å². The van der Waals surface area contributed by atoms with Crippen LogP contribution in [0.2, 0.25) is 0 Å². The summed E-state index contributed by atoms with van der Waals surface area (Å²) < 4.78 is 11.7. The zero-order valence-electron chi connectivity index (χ0n) is 16.6. The van der Waals surface area contributed by atoms with Gasteiger partial charge in [-0.15, -0.1) is 11.3 Å². The first-order valence-electron chi connectivity index (χ1n) is 9.34. The Kier molecular flexibility index (Phi) is 5.77. The number of para-hydroxylation sites is 2. The Balaban J connectivity index is 1.58. The molecule has 0 bridgehead atoms. The van der Waals surface area contributed by atoms with Crippen molar-refractivity contribution in [1.29, 1.82) is 0 Å². The molecule has 0 unspecified atom stereocenters. The molecule has 1 N–H and O–H groups in total. The van der Waals surface area contributed by atoms with E-state index in [9.17, 15) is 4.79 Å². The molecule has 0 saturated heterocycles. The van der Waals surface area contributed by atoms with E-state index in [0.717, 1.165) is 26.4 Å². The zero-order chi connectivity index (χ0) is 20.9. The zero-order valence-corrected chi connectivity index (χ0v) is 17.4. The molecule has 1 amide bonds. The van der Waals surface area contributed by atoms with Crippen molar-refractivity contribution in [2.24, 2.45) is 0 Å². The molecule has 4 aromatic rings. The lowest BCUT2D eigenvalue weighted by Gasteiger charge is -2.08. The normalized spacial score (nSPS) is 11.0. The summed E-state index contributed by atoms with van der Waals surface area (Å²) in [7, 11) is 3.19. The van der Waals surface area contributed by atoms with Crippen LogP contribution in [-0.2, 0) is 4.79 Å². The van der Waals surface area contributed by atoms with E-state index in [1.807, 2.05) is 60.7 Å². The van der Waals surface area contributed by atoms with Gasteiger partial charge >= 0.3 is 0 Å². The Hall–Kier alpha value is -3.64. The highest BCUT2D eigenvalue weighted by Crippen LogP contribution is 2.34. The number of nitrogens with one attached hydrogen (secondary N) is 1. The van der Waals surface area contributed by atoms with Crippen molar-refractivity contribution >= 4 is 39.2 Å². The van der Waals surface area contributed by atoms with Gasteiger partial charge in [0, 0.05) is 17.2 Å². The second-order valence-corrected chi connectivity index (χ2v) is 7.49. The van der Waals surface area contributed by atoms with Gasteiger partial charge in [0.2, 0.25) is 5.91 Å². The Bertz CT molecular complexity index is 1200. The van der Waals surface area contributed by atoms with Gasteiger partial charge < -0.3 is 14.8 Å². The average Bonchev–Trinajstić information content (AvgIpc) is 3.22. The van der Waals surface area contributed by atoms with Crippen LogP contribution in [0.4, 0.5) is 5.69 Å². The first-order chi connectivity index (χ1) is 14.7. The van der Waals surface area contributed by atoms with Crippen LogP contribution >= 0.6 is 11.3 Å². The molecule has 0 radical (unpaired) electrons. The number of anilines is 1. The SMILES string of the molecule is COc1ccc(OC)c(/C=C/C(=O)Nc2ccccc2-c2nc3ccccc3s2)c1. The number of amides is 1. The van der Waals surface area contributed by atoms with E-state index >= 15 is 0 Å². The Morgan fingerprint density at radius 3 is 2.60 bits per heavy atom. The number of hydrogen-bond acceptors (Lipinski definition) is 5. The third kappa shape index (κ3) is 4.18. The van der Waals surface area contributed by atoms with Gasteiger partial charge in [-0.05, 0) is 48.5 Å². The molecule has 0 saturated carbocycles. The number of carbonyl (C=O) groups is 1. The first-order valence-corrected chi connectivity index (χ1v) is 10.2. The van der Waals surface area contributed by atoms with Gasteiger partial charge in [0.05, 0.1) is 30.1 Å². The van der Waals surface area contributed by atoms with Crippen molar-refractivity contribution < 1.29 is 14.3 Å². The van der Waals surface area contributed by atoms with E-state index in [0.29, 0.717) is 17.2 Å². The lowest BCUT2D eigenvalue weighted by Crippen LogP contribution is -2.08. The minimum atomic E-state index is -0.242. The molecule has 6 heteroatoms. The predicted molar refractivity (Wildman–Crippen MR) is 122 cm³/mol. The minimum Gasteiger partial charge on any atom is -0.497 e. The molecule has 0 aliphatic heterocycles. The van der Waals surface area contributed by atoms with Crippen molar-refractivity contribution in [2.75, 3.05) is 19.5 Å². The summed E-state index contributed by atoms with van der Waals surface area (Å²) in [5, 5.41) is 3.82. The monoisotopic (exact) mass is 416 g/mol.